The molecule has 1 N–H and O–H groups in total. The van der Waals surface area contributed by atoms with Crippen LogP contribution in [-0.2, 0) is 0 Å². The van der Waals surface area contributed by atoms with Gasteiger partial charge < -0.3 is 5.32 Å². The number of aliphatic imine (C=N–C) groups is 1. The topological polar surface area (TPSA) is 24.4 Å². The molecule has 1 aromatic heterocycles. The summed E-state index contributed by atoms with van der Waals surface area (Å²) in [7, 11) is 0. The molecular formula is C11H14N2S. The van der Waals surface area contributed by atoms with Crippen molar-refractivity contribution < 1.29 is 0 Å². The Kier molecular flexibility index (Phi) is 2.42. The third-order valence-corrected chi connectivity index (χ3v) is 3.77. The van der Waals surface area contributed by atoms with Crippen LogP contribution in [0.1, 0.15) is 29.0 Å². The van der Waals surface area contributed by atoms with Crippen LogP contribution in [0.5, 0.6) is 0 Å². The van der Waals surface area contributed by atoms with Crippen LogP contribution in [0, 0.1) is 13.8 Å². The van der Waals surface area contributed by atoms with Gasteiger partial charge in [0, 0.05) is 11.1 Å². The SMILES string of the molecule is CC1=NC(c2scc(C)c2C)C=CN1. The van der Waals surface area contributed by atoms with E-state index in [0.717, 1.165) is 5.84 Å². The molecule has 1 aliphatic rings. The summed E-state index contributed by atoms with van der Waals surface area (Å²) in [6.07, 6.45) is 4.08. The van der Waals surface area contributed by atoms with Crippen molar-refractivity contribution in [2.24, 2.45) is 4.99 Å². The van der Waals surface area contributed by atoms with Gasteiger partial charge in [0.1, 0.15) is 6.04 Å². The minimum Gasteiger partial charge on any atom is -0.351 e. The molecule has 2 rings (SSSR count). The number of nitrogens with zero attached hydrogens (tertiary/aromatic N) is 1. The van der Waals surface area contributed by atoms with Crippen LogP contribution in [0.25, 0.3) is 0 Å². The maximum atomic E-state index is 4.56. The third-order valence-electron chi connectivity index (χ3n) is 2.50. The van der Waals surface area contributed by atoms with Crippen LogP contribution in [0.15, 0.2) is 22.6 Å². The molecule has 0 saturated heterocycles. The molecule has 0 aromatic carbocycles. The second-order valence-corrected chi connectivity index (χ2v) is 4.48. The van der Waals surface area contributed by atoms with Crippen LogP contribution < -0.4 is 5.32 Å². The maximum Gasteiger partial charge on any atom is 0.106 e. The van der Waals surface area contributed by atoms with Crippen LogP contribution >= 0.6 is 11.3 Å². The maximum absolute atomic E-state index is 4.56. The lowest BCUT2D eigenvalue weighted by atomic mass is 10.1. The van der Waals surface area contributed by atoms with E-state index < -0.39 is 0 Å². The zero-order chi connectivity index (χ0) is 10.1. The minimum absolute atomic E-state index is 0.218. The molecule has 1 unspecified atom stereocenters. The predicted octanol–water partition coefficient (Wildman–Crippen LogP) is 2.94. The van der Waals surface area contributed by atoms with Crippen molar-refractivity contribution in [1.82, 2.24) is 5.32 Å². The highest BCUT2D eigenvalue weighted by Gasteiger charge is 2.15. The Morgan fingerprint density at radius 1 is 1.36 bits per heavy atom. The van der Waals surface area contributed by atoms with Crippen molar-refractivity contribution in [3.63, 3.8) is 0 Å². The second kappa shape index (κ2) is 3.58. The summed E-state index contributed by atoms with van der Waals surface area (Å²) in [6, 6.07) is 0.218. The first-order chi connectivity index (χ1) is 6.68. The van der Waals surface area contributed by atoms with Gasteiger partial charge in [-0.1, -0.05) is 0 Å². The second-order valence-electron chi connectivity index (χ2n) is 3.57. The van der Waals surface area contributed by atoms with Gasteiger partial charge in [0.2, 0.25) is 0 Å². The summed E-state index contributed by atoms with van der Waals surface area (Å²) < 4.78 is 0. The van der Waals surface area contributed by atoms with Gasteiger partial charge in [0.15, 0.2) is 0 Å². The van der Waals surface area contributed by atoms with Gasteiger partial charge in [-0.3, -0.25) is 4.99 Å². The highest BCUT2D eigenvalue weighted by atomic mass is 32.1. The monoisotopic (exact) mass is 206 g/mol. The average molecular weight is 206 g/mol. The molecule has 3 heteroatoms. The Hall–Kier alpha value is -1.09. The van der Waals surface area contributed by atoms with Gasteiger partial charge in [0.05, 0.1) is 5.84 Å². The number of hydrogen-bond acceptors (Lipinski definition) is 3. The molecule has 2 nitrogen and oxygen atoms in total. The number of aryl methyl sites for hydroxylation is 1. The van der Waals surface area contributed by atoms with E-state index in [9.17, 15) is 0 Å². The van der Waals surface area contributed by atoms with Crippen LogP contribution in [0.4, 0.5) is 0 Å². The number of rotatable bonds is 1. The lowest BCUT2D eigenvalue weighted by Gasteiger charge is -2.14. The number of hydrogen-bond donors (Lipinski definition) is 1. The highest BCUT2D eigenvalue weighted by molar-refractivity contribution is 7.10. The Morgan fingerprint density at radius 2 is 2.14 bits per heavy atom. The minimum atomic E-state index is 0.218. The van der Waals surface area contributed by atoms with E-state index in [2.05, 4.69) is 35.6 Å². The Bertz CT molecular complexity index is 401. The molecular weight excluding hydrogens is 192 g/mol. The Balaban J connectivity index is 2.35. The van der Waals surface area contributed by atoms with Crippen molar-refractivity contribution in [2.45, 2.75) is 26.8 Å². The first kappa shape index (κ1) is 9.46. The molecule has 0 saturated carbocycles. The van der Waals surface area contributed by atoms with E-state index in [1.807, 2.05) is 13.1 Å². The summed E-state index contributed by atoms with van der Waals surface area (Å²) in [5.74, 6) is 0.989. The lowest BCUT2D eigenvalue weighted by Crippen LogP contribution is -2.18. The first-order valence-corrected chi connectivity index (χ1v) is 5.58. The third kappa shape index (κ3) is 1.60. The molecule has 0 spiro atoms. The van der Waals surface area contributed by atoms with E-state index in [-0.39, 0.29) is 6.04 Å². The number of nitrogens with one attached hydrogen (secondary N) is 1. The van der Waals surface area contributed by atoms with Crippen molar-refractivity contribution >= 4 is 17.2 Å². The normalized spacial score (nSPS) is 20.5. The zero-order valence-corrected chi connectivity index (χ0v) is 9.48. The van der Waals surface area contributed by atoms with Crippen molar-refractivity contribution in [3.05, 3.63) is 33.7 Å². The molecule has 0 bridgehead atoms. The lowest BCUT2D eigenvalue weighted by molar-refractivity contribution is 0.879. The van der Waals surface area contributed by atoms with Crippen molar-refractivity contribution in [2.75, 3.05) is 0 Å². The zero-order valence-electron chi connectivity index (χ0n) is 8.66. The van der Waals surface area contributed by atoms with Gasteiger partial charge >= 0.3 is 0 Å². The quantitative estimate of drug-likeness (QED) is 0.750. The molecule has 14 heavy (non-hydrogen) atoms. The van der Waals surface area contributed by atoms with E-state index in [4.69, 9.17) is 0 Å². The average Bonchev–Trinajstić information content (AvgIpc) is 2.48. The van der Waals surface area contributed by atoms with E-state index in [1.54, 1.807) is 11.3 Å². The Labute approximate surface area is 88.4 Å². The molecule has 0 amide bonds. The molecule has 1 atom stereocenters. The Morgan fingerprint density at radius 3 is 2.71 bits per heavy atom. The van der Waals surface area contributed by atoms with Crippen LogP contribution in [0.2, 0.25) is 0 Å². The molecule has 1 aliphatic heterocycles. The van der Waals surface area contributed by atoms with Gasteiger partial charge in [-0.05, 0) is 43.4 Å². The first-order valence-electron chi connectivity index (χ1n) is 4.70. The molecule has 2 heterocycles. The molecule has 0 aliphatic carbocycles. The molecule has 74 valence electrons. The van der Waals surface area contributed by atoms with Gasteiger partial charge in [-0.2, -0.15) is 0 Å². The number of thiophene rings is 1. The summed E-state index contributed by atoms with van der Waals surface area (Å²) >= 11 is 1.80. The fraction of sp³-hybridized carbons (Fsp3) is 0.364. The van der Waals surface area contributed by atoms with E-state index >= 15 is 0 Å². The summed E-state index contributed by atoms with van der Waals surface area (Å²) in [5, 5.41) is 5.28. The van der Waals surface area contributed by atoms with Gasteiger partial charge in [0.25, 0.3) is 0 Å². The summed E-state index contributed by atoms with van der Waals surface area (Å²) in [5.41, 5.74) is 2.74. The molecule has 0 fully saturated rings. The molecule has 0 radical (unpaired) electrons. The number of amidine groups is 1. The summed E-state index contributed by atoms with van der Waals surface area (Å²) in [4.78, 5) is 5.92. The van der Waals surface area contributed by atoms with Crippen LogP contribution in [0.3, 0.4) is 0 Å². The van der Waals surface area contributed by atoms with Crippen LogP contribution in [-0.4, -0.2) is 5.84 Å². The fourth-order valence-electron chi connectivity index (χ4n) is 1.51. The van der Waals surface area contributed by atoms with E-state index in [1.165, 1.54) is 16.0 Å². The standard InChI is InChI=1S/C11H14N2S/c1-7-6-14-11(8(7)2)10-4-5-12-9(3)13-10/h4-6,10H,1-3H3,(H,12,13). The van der Waals surface area contributed by atoms with Crippen molar-refractivity contribution in [1.29, 1.82) is 0 Å². The van der Waals surface area contributed by atoms with Crippen molar-refractivity contribution in [3.8, 4) is 0 Å². The smallest absolute Gasteiger partial charge is 0.106 e. The molecule has 1 aromatic rings. The largest absolute Gasteiger partial charge is 0.351 e. The van der Waals surface area contributed by atoms with Gasteiger partial charge in [-0.25, -0.2) is 0 Å². The summed E-state index contributed by atoms with van der Waals surface area (Å²) in [6.45, 7) is 6.31. The van der Waals surface area contributed by atoms with E-state index in [0.29, 0.717) is 0 Å². The highest BCUT2D eigenvalue weighted by Crippen LogP contribution is 2.31. The predicted molar refractivity (Wildman–Crippen MR) is 61.9 cm³/mol. The van der Waals surface area contributed by atoms with Gasteiger partial charge in [-0.15, -0.1) is 11.3 Å². The fourth-order valence-corrected chi connectivity index (χ4v) is 2.60.